The second kappa shape index (κ2) is 17.7. The van der Waals surface area contributed by atoms with E-state index in [4.69, 9.17) is 14.5 Å². The average Bonchev–Trinajstić information content (AvgIpc) is 4.14. The highest BCUT2D eigenvalue weighted by Gasteiger charge is 2.40. The molecule has 16 nitrogen and oxygen atoms in total. The molecule has 0 spiro atoms. The third-order valence-corrected chi connectivity index (χ3v) is 11.5. The third kappa shape index (κ3) is 8.48. The number of methoxy groups -OCH3 is 2. The number of likely N-dealkylation sites (tertiary alicyclic amines) is 2. The molecule has 4 N–H and O–H groups in total. The first-order chi connectivity index (χ1) is 30.0. The van der Waals surface area contributed by atoms with Gasteiger partial charge < -0.3 is 39.9 Å². The maximum absolute atomic E-state index is 14.0. The summed E-state index contributed by atoms with van der Waals surface area (Å²) in [6.07, 6.45) is 8.69. The molecule has 0 aliphatic carbocycles. The molecule has 8 rings (SSSR count). The minimum absolute atomic E-state index is 0.114. The van der Waals surface area contributed by atoms with Crippen molar-refractivity contribution in [3.05, 3.63) is 121 Å². The molecule has 16 heteroatoms. The number of ether oxygens (including phenoxy) is 2. The van der Waals surface area contributed by atoms with Crippen LogP contribution in [0.25, 0.3) is 44.4 Å². The molecule has 2 aliphatic rings. The smallest absolute Gasteiger partial charge is 0.407 e. The fourth-order valence-corrected chi connectivity index (χ4v) is 8.27. The lowest BCUT2D eigenvalue weighted by Crippen LogP contribution is -2.51. The number of alkyl carbamates (subject to hydrolysis) is 2. The van der Waals surface area contributed by atoms with Gasteiger partial charge in [-0.25, -0.2) is 19.6 Å². The summed E-state index contributed by atoms with van der Waals surface area (Å²) in [5, 5.41) is 7.45. The van der Waals surface area contributed by atoms with E-state index < -0.39 is 30.3 Å². The molecule has 6 aromatic rings. The topological polar surface area (TPSA) is 200 Å². The quantitative estimate of drug-likeness (QED) is 0.0981. The Morgan fingerprint density at radius 1 is 0.726 bits per heavy atom. The lowest BCUT2D eigenvalue weighted by molar-refractivity contribution is -0.135. The van der Waals surface area contributed by atoms with Gasteiger partial charge in [0.2, 0.25) is 5.91 Å². The number of amides is 4. The van der Waals surface area contributed by atoms with Gasteiger partial charge in [-0.1, -0.05) is 74.5 Å². The van der Waals surface area contributed by atoms with Gasteiger partial charge in [0.25, 0.3) is 5.91 Å². The van der Waals surface area contributed by atoms with Crippen molar-refractivity contribution in [2.45, 2.75) is 57.3 Å². The molecule has 4 atom stereocenters. The Morgan fingerprint density at radius 2 is 1.34 bits per heavy atom. The lowest BCUT2D eigenvalue weighted by atomic mass is 9.98. The molecular formula is C46H48N10O6. The second-order valence-electron chi connectivity index (χ2n) is 15.9. The van der Waals surface area contributed by atoms with Crippen LogP contribution in [0, 0.1) is 5.92 Å². The number of hydrogen-bond acceptors (Lipinski definition) is 10. The number of hydrogen-bond donors (Lipinski definition) is 4. The van der Waals surface area contributed by atoms with Crippen LogP contribution in [0.2, 0.25) is 0 Å². The van der Waals surface area contributed by atoms with Crippen LogP contribution in [0.1, 0.15) is 68.6 Å². The van der Waals surface area contributed by atoms with Gasteiger partial charge in [-0.15, -0.1) is 0 Å². The normalized spacial score (nSPS) is 17.3. The molecule has 2 aliphatic heterocycles. The van der Waals surface area contributed by atoms with Crippen LogP contribution in [0.5, 0.6) is 0 Å². The number of carbonyl (C=O) groups excluding carboxylic acids is 4. The van der Waals surface area contributed by atoms with E-state index in [0.717, 1.165) is 68.7 Å². The summed E-state index contributed by atoms with van der Waals surface area (Å²) in [7, 11) is 2.52. The van der Waals surface area contributed by atoms with E-state index in [-0.39, 0.29) is 29.5 Å². The van der Waals surface area contributed by atoms with Gasteiger partial charge in [-0.3, -0.25) is 19.6 Å². The van der Waals surface area contributed by atoms with Gasteiger partial charge in [0.1, 0.15) is 17.7 Å². The van der Waals surface area contributed by atoms with Crippen LogP contribution in [0.3, 0.4) is 0 Å². The van der Waals surface area contributed by atoms with Crippen LogP contribution < -0.4 is 10.6 Å². The summed E-state index contributed by atoms with van der Waals surface area (Å²) in [5.74, 6) is 0.686. The van der Waals surface area contributed by atoms with Crippen molar-refractivity contribution < 1.29 is 28.7 Å². The second-order valence-corrected chi connectivity index (χ2v) is 15.9. The van der Waals surface area contributed by atoms with Gasteiger partial charge >= 0.3 is 12.2 Å². The van der Waals surface area contributed by atoms with E-state index in [1.807, 2.05) is 37.1 Å². The molecule has 2 fully saturated rings. The number of benzene rings is 3. The maximum atomic E-state index is 14.0. The van der Waals surface area contributed by atoms with Crippen LogP contribution in [-0.2, 0) is 19.1 Å². The van der Waals surface area contributed by atoms with Gasteiger partial charge in [0.15, 0.2) is 6.04 Å². The van der Waals surface area contributed by atoms with Gasteiger partial charge in [-0.05, 0) is 64.8 Å². The average molecular weight is 837 g/mol. The predicted molar refractivity (Wildman–Crippen MR) is 231 cm³/mol. The van der Waals surface area contributed by atoms with Gasteiger partial charge in [0.05, 0.1) is 62.0 Å². The summed E-state index contributed by atoms with van der Waals surface area (Å²) >= 11 is 0. The molecular weight excluding hydrogens is 789 g/mol. The van der Waals surface area contributed by atoms with Gasteiger partial charge in [-0.2, -0.15) is 0 Å². The van der Waals surface area contributed by atoms with Crippen LogP contribution in [-0.4, -0.2) is 97.1 Å². The van der Waals surface area contributed by atoms with E-state index in [2.05, 4.69) is 90.7 Å². The Balaban J connectivity index is 0.952. The Labute approximate surface area is 358 Å². The zero-order chi connectivity index (χ0) is 43.5. The number of fused-ring (bicyclic) bond motifs is 1. The molecule has 0 radical (unpaired) electrons. The summed E-state index contributed by atoms with van der Waals surface area (Å²) in [6, 6.07) is 18.4. The molecule has 3 aromatic carbocycles. The standard InChI is InChI=1S/C46H48N10O6/c1-26(2)39(53-45(59)61-4)43(57)55-18-6-7-37(55)41-49-24-35(52-41)33-15-14-31-20-30(12-13-32(31)21-33)28-8-10-29(11-9-28)34-23-50-42(51-34)38-19-27(3)25-56(38)44(58)40(54-46(60)62-5)36-22-47-16-17-48-36/h8-17,20-24,26,37-40H,3,6-7,18-19,25H2,1-2,4-5H3,(H,49,52)(H,50,51)(H,53,59)(H,54,60)/t37-,38-,39-,40?/m0/s1. The number of aromatic amines is 2. The first-order valence-corrected chi connectivity index (χ1v) is 20.5. The first kappa shape index (κ1) is 41.4. The van der Waals surface area contributed by atoms with Crippen LogP contribution >= 0.6 is 0 Å². The van der Waals surface area contributed by atoms with Crippen molar-refractivity contribution in [2.24, 2.45) is 5.92 Å². The number of aromatic nitrogens is 6. The summed E-state index contributed by atoms with van der Waals surface area (Å²) < 4.78 is 9.56. The summed E-state index contributed by atoms with van der Waals surface area (Å²) in [4.78, 5) is 79.8. The minimum Gasteiger partial charge on any atom is -0.453 e. The highest BCUT2D eigenvalue weighted by molar-refractivity contribution is 5.91. The molecule has 2 saturated heterocycles. The Morgan fingerprint density at radius 3 is 2.00 bits per heavy atom. The van der Waals surface area contributed by atoms with E-state index in [0.29, 0.717) is 25.3 Å². The van der Waals surface area contributed by atoms with Crippen molar-refractivity contribution in [3.8, 4) is 33.6 Å². The van der Waals surface area contributed by atoms with Gasteiger partial charge in [0, 0.05) is 31.0 Å². The van der Waals surface area contributed by atoms with Crippen molar-refractivity contribution in [1.29, 1.82) is 0 Å². The molecule has 4 amide bonds. The third-order valence-electron chi connectivity index (χ3n) is 11.5. The molecule has 0 bridgehead atoms. The van der Waals surface area contributed by atoms with Crippen LogP contribution in [0.4, 0.5) is 9.59 Å². The fraction of sp³-hybridized carbons (Fsp3) is 0.304. The first-order valence-electron chi connectivity index (χ1n) is 20.5. The minimum atomic E-state index is -1.11. The van der Waals surface area contributed by atoms with E-state index in [9.17, 15) is 19.2 Å². The maximum Gasteiger partial charge on any atom is 0.407 e. The van der Waals surface area contributed by atoms with E-state index in [1.54, 1.807) is 11.1 Å². The lowest BCUT2D eigenvalue weighted by Gasteiger charge is -2.30. The molecule has 62 heavy (non-hydrogen) atoms. The van der Waals surface area contributed by atoms with Crippen molar-refractivity contribution in [1.82, 2.24) is 50.3 Å². The Bertz CT molecular complexity index is 2620. The molecule has 3 aromatic heterocycles. The number of H-pyrrole nitrogens is 2. The number of nitrogens with zero attached hydrogens (tertiary/aromatic N) is 6. The van der Waals surface area contributed by atoms with Crippen molar-refractivity contribution >= 4 is 34.8 Å². The number of nitrogens with one attached hydrogen (secondary N) is 4. The zero-order valence-electron chi connectivity index (χ0n) is 34.9. The number of carbonyl (C=O) groups is 4. The molecule has 5 heterocycles. The largest absolute Gasteiger partial charge is 0.453 e. The van der Waals surface area contributed by atoms with Crippen molar-refractivity contribution in [3.63, 3.8) is 0 Å². The molecule has 0 saturated carbocycles. The summed E-state index contributed by atoms with van der Waals surface area (Å²) in [5.41, 5.74) is 6.82. The molecule has 318 valence electrons. The Kier molecular flexibility index (Phi) is 11.8. The number of imidazole rings is 2. The van der Waals surface area contributed by atoms with Crippen molar-refractivity contribution in [2.75, 3.05) is 27.3 Å². The summed E-state index contributed by atoms with van der Waals surface area (Å²) in [6.45, 7) is 8.83. The zero-order valence-corrected chi connectivity index (χ0v) is 34.9. The van der Waals surface area contributed by atoms with Crippen LogP contribution in [0.15, 0.2) is 104 Å². The fourth-order valence-electron chi connectivity index (χ4n) is 8.27. The number of rotatable bonds is 11. The van der Waals surface area contributed by atoms with E-state index >= 15 is 0 Å². The monoisotopic (exact) mass is 836 g/mol. The van der Waals surface area contributed by atoms with E-state index in [1.165, 1.54) is 32.8 Å². The molecule has 1 unspecified atom stereocenters. The SMILES string of the molecule is C=C1C[C@@H](c2ncc(-c3ccc(-c4ccc5cc(-c6cnc([C@@H]7CCCN7C(=O)[C@@H](NC(=O)OC)C(C)C)[nH]6)ccc5c4)cc3)[nH]2)N(C(=O)C(NC(=O)OC)c2cnccn2)C1. The highest BCUT2D eigenvalue weighted by atomic mass is 16.5. The Hall–Kier alpha value is -7.36. The highest BCUT2D eigenvalue weighted by Crippen LogP contribution is 2.37. The predicted octanol–water partition coefficient (Wildman–Crippen LogP) is 7.05.